The minimum Gasteiger partial charge on any atom is -0.494 e. The van der Waals surface area contributed by atoms with E-state index in [0.29, 0.717) is 23.8 Å². The number of methoxy groups -OCH3 is 1. The van der Waals surface area contributed by atoms with Gasteiger partial charge in [0.2, 0.25) is 5.95 Å². The number of rotatable bonds is 10. The summed E-state index contributed by atoms with van der Waals surface area (Å²) in [7, 11) is 1.69. The minimum atomic E-state index is -0.216. The van der Waals surface area contributed by atoms with Crippen LogP contribution < -0.4 is 19.7 Å². The van der Waals surface area contributed by atoms with Crippen molar-refractivity contribution in [1.29, 1.82) is 5.26 Å². The van der Waals surface area contributed by atoms with E-state index in [-0.39, 0.29) is 6.10 Å². The molecule has 2 aromatic heterocycles. The van der Waals surface area contributed by atoms with E-state index in [9.17, 15) is 5.26 Å². The number of anilines is 3. The van der Waals surface area contributed by atoms with E-state index in [1.165, 1.54) is 44.1 Å². The Balaban J connectivity index is 1.09. The van der Waals surface area contributed by atoms with Crippen LogP contribution in [0.15, 0.2) is 61.4 Å². The van der Waals surface area contributed by atoms with Crippen molar-refractivity contribution < 1.29 is 14.2 Å². The zero-order chi connectivity index (χ0) is 31.0. The zero-order valence-electron chi connectivity index (χ0n) is 25.9. The van der Waals surface area contributed by atoms with Crippen LogP contribution in [0.2, 0.25) is 0 Å². The molecule has 1 unspecified atom stereocenters. The molecule has 11 nitrogen and oxygen atoms in total. The average molecular weight is 609 g/mol. The van der Waals surface area contributed by atoms with Crippen LogP contribution in [0.25, 0.3) is 11.1 Å². The Bertz CT molecular complexity index is 1570. The van der Waals surface area contributed by atoms with Gasteiger partial charge in [0.1, 0.15) is 36.3 Å². The van der Waals surface area contributed by atoms with Crippen molar-refractivity contribution in [3.63, 3.8) is 0 Å². The van der Waals surface area contributed by atoms with Crippen molar-refractivity contribution >= 4 is 17.3 Å². The summed E-state index contributed by atoms with van der Waals surface area (Å²) in [6.45, 7) is 6.40. The van der Waals surface area contributed by atoms with E-state index in [1.807, 2.05) is 25.1 Å². The molecule has 2 aliphatic rings. The predicted octanol–water partition coefficient (Wildman–Crippen LogP) is 5.86. The van der Waals surface area contributed by atoms with Gasteiger partial charge in [-0.25, -0.2) is 19.6 Å². The fraction of sp³-hybridized carbons (Fsp3) is 0.441. The molecule has 234 valence electrons. The second kappa shape index (κ2) is 14.4. The van der Waals surface area contributed by atoms with Crippen LogP contribution in [0, 0.1) is 23.2 Å². The van der Waals surface area contributed by atoms with Crippen molar-refractivity contribution in [3.8, 4) is 28.7 Å². The zero-order valence-corrected chi connectivity index (χ0v) is 25.9. The van der Waals surface area contributed by atoms with Gasteiger partial charge < -0.3 is 24.4 Å². The summed E-state index contributed by atoms with van der Waals surface area (Å²) in [5.41, 5.74) is 4.09. The van der Waals surface area contributed by atoms with Crippen LogP contribution in [-0.2, 0) is 11.3 Å². The summed E-state index contributed by atoms with van der Waals surface area (Å²) in [5, 5.41) is 17.1. The number of nitriles is 1. The van der Waals surface area contributed by atoms with Crippen LogP contribution in [0.5, 0.6) is 11.5 Å². The molecule has 1 N–H and O–H groups in total. The first-order chi connectivity index (χ1) is 22.1. The van der Waals surface area contributed by atoms with Gasteiger partial charge in [0.25, 0.3) is 0 Å². The quantitative estimate of drug-likeness (QED) is 0.234. The van der Waals surface area contributed by atoms with Crippen LogP contribution in [0.4, 0.5) is 17.3 Å². The van der Waals surface area contributed by atoms with Crippen molar-refractivity contribution in [2.45, 2.75) is 51.7 Å². The van der Waals surface area contributed by atoms with Crippen LogP contribution >= 0.6 is 0 Å². The lowest BCUT2D eigenvalue weighted by Gasteiger charge is -2.37. The Labute approximate surface area is 264 Å². The number of nitrogens with zero attached hydrogens (tertiary/aromatic N) is 7. The Morgan fingerprint density at radius 1 is 1.00 bits per heavy atom. The maximum Gasteiger partial charge on any atom is 0.227 e. The lowest BCUT2D eigenvalue weighted by atomic mass is 9.80. The minimum absolute atomic E-state index is 0.216. The Morgan fingerprint density at radius 2 is 1.82 bits per heavy atom. The number of piperidine rings is 1. The normalized spacial score (nSPS) is 18.1. The molecule has 0 saturated carbocycles. The third kappa shape index (κ3) is 7.52. The summed E-state index contributed by atoms with van der Waals surface area (Å²) < 4.78 is 19.3. The first-order valence-electron chi connectivity index (χ1n) is 15.7. The largest absolute Gasteiger partial charge is 0.494 e. The monoisotopic (exact) mass is 608 g/mol. The van der Waals surface area contributed by atoms with E-state index in [1.54, 1.807) is 36.6 Å². The lowest BCUT2D eigenvalue weighted by molar-refractivity contribution is 0.136. The maximum atomic E-state index is 9.62. The molecule has 2 aliphatic heterocycles. The summed E-state index contributed by atoms with van der Waals surface area (Å²) in [4.78, 5) is 15.5. The molecular weight excluding hydrogens is 568 g/mol. The number of hydrogen-bond acceptors (Lipinski definition) is 10. The molecule has 2 fully saturated rings. The van der Waals surface area contributed by atoms with Gasteiger partial charge in [-0.15, -0.1) is 0 Å². The summed E-state index contributed by atoms with van der Waals surface area (Å²) in [6.07, 6.45) is 12.6. The van der Waals surface area contributed by atoms with Crippen molar-refractivity contribution in [2.75, 3.05) is 43.6 Å². The third-order valence-electron chi connectivity index (χ3n) is 8.83. The van der Waals surface area contributed by atoms with Crippen molar-refractivity contribution in [1.82, 2.24) is 24.7 Å². The standard InChI is InChI=1S/C34H40N8O3/c1-24(21-42-23-36-22-39-42)45-32-16-27(5-6-28(32)18-35)29-19-37-34(38-20-29)40-31-8-7-30(17-33(31)43-2)41-12-9-26(10-13-41)25-4-3-14-44-15-11-25/h5-8,16-17,19-20,22-26H,3-4,9-15,21H2,1-2H3,(H,37,38,40)/t24-,25?/m0/s1. The Kier molecular flexibility index (Phi) is 9.71. The van der Waals surface area contributed by atoms with Gasteiger partial charge in [0.05, 0.1) is 24.9 Å². The molecule has 0 amide bonds. The molecule has 0 aliphatic carbocycles. The number of benzene rings is 2. The maximum absolute atomic E-state index is 9.62. The number of ether oxygens (including phenoxy) is 3. The SMILES string of the molecule is COc1cc(N2CCC(C3CCCOCC3)CC2)ccc1Nc1ncc(-c2ccc(C#N)c(O[C@@H](C)Cn3cncn3)c2)cn1. The van der Waals surface area contributed by atoms with Crippen LogP contribution in [-0.4, -0.2) is 64.2 Å². The number of nitrogens with one attached hydrogen (secondary N) is 1. The highest BCUT2D eigenvalue weighted by atomic mass is 16.5. The molecule has 4 aromatic rings. The van der Waals surface area contributed by atoms with E-state index in [2.05, 4.69) is 48.5 Å². The molecule has 0 bridgehead atoms. The van der Waals surface area contributed by atoms with Crippen molar-refractivity contribution in [2.24, 2.45) is 11.8 Å². The van der Waals surface area contributed by atoms with Gasteiger partial charge in [-0.3, -0.25) is 0 Å². The van der Waals surface area contributed by atoms with Gasteiger partial charge in [0.15, 0.2) is 0 Å². The summed E-state index contributed by atoms with van der Waals surface area (Å²) in [5.74, 6) is 3.30. The van der Waals surface area contributed by atoms with E-state index < -0.39 is 0 Å². The molecule has 0 spiro atoms. The molecule has 4 heterocycles. The lowest BCUT2D eigenvalue weighted by Crippen LogP contribution is -2.36. The first kappa shape index (κ1) is 30.3. The molecule has 2 aromatic carbocycles. The molecule has 11 heteroatoms. The van der Waals surface area contributed by atoms with E-state index in [4.69, 9.17) is 14.2 Å². The summed E-state index contributed by atoms with van der Waals surface area (Å²) >= 11 is 0. The van der Waals surface area contributed by atoms with Gasteiger partial charge >= 0.3 is 0 Å². The Morgan fingerprint density at radius 3 is 2.58 bits per heavy atom. The van der Waals surface area contributed by atoms with Crippen molar-refractivity contribution in [3.05, 3.63) is 67.0 Å². The second-order valence-corrected chi connectivity index (χ2v) is 11.8. The predicted molar refractivity (Wildman–Crippen MR) is 172 cm³/mol. The first-order valence-corrected chi connectivity index (χ1v) is 15.7. The fourth-order valence-electron chi connectivity index (χ4n) is 6.41. The highest BCUT2D eigenvalue weighted by molar-refractivity contribution is 5.70. The summed E-state index contributed by atoms with van der Waals surface area (Å²) in [6, 6.07) is 13.9. The second-order valence-electron chi connectivity index (χ2n) is 11.8. The molecule has 6 rings (SSSR count). The van der Waals surface area contributed by atoms with Gasteiger partial charge in [-0.2, -0.15) is 10.4 Å². The van der Waals surface area contributed by atoms with Gasteiger partial charge in [0, 0.05) is 56.0 Å². The van der Waals surface area contributed by atoms with Crippen LogP contribution in [0.3, 0.4) is 0 Å². The van der Waals surface area contributed by atoms with E-state index >= 15 is 0 Å². The fourth-order valence-corrected chi connectivity index (χ4v) is 6.41. The topological polar surface area (TPSA) is 123 Å². The molecule has 45 heavy (non-hydrogen) atoms. The molecular formula is C34H40N8O3. The Hall–Kier alpha value is -4.69. The van der Waals surface area contributed by atoms with E-state index in [0.717, 1.165) is 60.7 Å². The van der Waals surface area contributed by atoms with Gasteiger partial charge in [-0.1, -0.05) is 6.07 Å². The highest BCUT2D eigenvalue weighted by Crippen LogP contribution is 2.36. The smallest absolute Gasteiger partial charge is 0.227 e. The highest BCUT2D eigenvalue weighted by Gasteiger charge is 2.27. The molecule has 2 atom stereocenters. The molecule has 0 radical (unpaired) electrons. The van der Waals surface area contributed by atoms with Crippen LogP contribution in [0.1, 0.15) is 44.6 Å². The van der Waals surface area contributed by atoms with Gasteiger partial charge in [-0.05, 0) is 80.7 Å². The average Bonchev–Trinajstić information content (AvgIpc) is 3.43. The molecule has 2 saturated heterocycles. The third-order valence-corrected chi connectivity index (χ3v) is 8.83. The number of hydrogen-bond donors (Lipinski definition) is 1. The number of aromatic nitrogens is 5.